The largest absolute Gasteiger partial charge is 0.391 e. The second-order valence-corrected chi connectivity index (χ2v) is 7.51. The number of aliphatic hydroxyl groups is 1. The Morgan fingerprint density at radius 3 is 2.70 bits per heavy atom. The number of β-lactam (4-membered cyclic amide) rings is 1. The van der Waals surface area contributed by atoms with Crippen LogP contribution in [0.3, 0.4) is 0 Å². The van der Waals surface area contributed by atoms with Gasteiger partial charge in [0, 0.05) is 12.5 Å². The molecule has 3 rings (SSSR count). The van der Waals surface area contributed by atoms with Gasteiger partial charge in [-0.05, 0) is 19.8 Å². The number of nitrogens with one attached hydrogen (secondary N) is 1. The molecule has 2 aliphatic heterocycles. The van der Waals surface area contributed by atoms with Crippen LogP contribution in [0.4, 0.5) is 0 Å². The maximum absolute atomic E-state index is 12.8. The first-order valence-electron chi connectivity index (χ1n) is 9.11. The molecule has 1 aromatic rings. The molecule has 2 aliphatic rings. The van der Waals surface area contributed by atoms with E-state index in [0.717, 1.165) is 6.42 Å². The van der Waals surface area contributed by atoms with Gasteiger partial charge < -0.3 is 24.7 Å². The third-order valence-electron chi connectivity index (χ3n) is 5.16. The average Bonchev–Trinajstić information content (AvgIpc) is 3.29. The van der Waals surface area contributed by atoms with Gasteiger partial charge in [0.1, 0.15) is 11.6 Å². The van der Waals surface area contributed by atoms with Crippen molar-refractivity contribution >= 4 is 17.7 Å². The van der Waals surface area contributed by atoms with Crippen LogP contribution in [-0.2, 0) is 14.4 Å². The average molecular weight is 379 g/mol. The zero-order valence-corrected chi connectivity index (χ0v) is 15.7. The maximum Gasteiger partial charge on any atom is 0.251 e. The van der Waals surface area contributed by atoms with E-state index in [9.17, 15) is 19.5 Å². The molecule has 2 fully saturated rings. The lowest BCUT2D eigenvalue weighted by molar-refractivity contribution is -0.169. The number of carbonyl (C=O) groups is 3. The van der Waals surface area contributed by atoms with Crippen LogP contribution < -0.4 is 5.32 Å². The quantitative estimate of drug-likeness (QED) is 0.636. The molecule has 2 N–H and O–H groups in total. The first kappa shape index (κ1) is 19.3. The molecule has 3 atom stereocenters. The van der Waals surface area contributed by atoms with Crippen molar-refractivity contribution in [1.29, 1.82) is 0 Å². The summed E-state index contributed by atoms with van der Waals surface area (Å²) in [5, 5.41) is 15.9. The Bertz CT molecular complexity index is 719. The molecule has 1 aromatic heterocycles. The molecule has 148 valence electrons. The molecular weight excluding hydrogens is 354 g/mol. The van der Waals surface area contributed by atoms with Crippen molar-refractivity contribution in [2.75, 3.05) is 19.6 Å². The molecule has 2 saturated heterocycles. The number of aromatic nitrogens is 2. The fraction of sp³-hybridized carbons (Fsp3) is 0.706. The highest BCUT2D eigenvalue weighted by Crippen LogP contribution is 2.39. The SMILES string of the molecule is CC(C)C(=O)N1CCCC12CN(CC(=O)N[C@H](c1ncno1)[C@@H](C)O)C2=O. The van der Waals surface area contributed by atoms with E-state index in [4.69, 9.17) is 4.52 Å². The van der Waals surface area contributed by atoms with Gasteiger partial charge in [0.25, 0.3) is 11.8 Å². The summed E-state index contributed by atoms with van der Waals surface area (Å²) in [5.74, 6) is -0.756. The van der Waals surface area contributed by atoms with Gasteiger partial charge in [0.05, 0.1) is 19.2 Å². The van der Waals surface area contributed by atoms with Crippen LogP contribution in [0.2, 0.25) is 0 Å². The van der Waals surface area contributed by atoms with E-state index in [1.165, 1.54) is 18.2 Å². The van der Waals surface area contributed by atoms with Crippen molar-refractivity contribution in [3.05, 3.63) is 12.2 Å². The number of likely N-dealkylation sites (tertiary alicyclic amines) is 2. The van der Waals surface area contributed by atoms with Gasteiger partial charge in [-0.3, -0.25) is 14.4 Å². The number of aliphatic hydroxyl groups excluding tert-OH is 1. The fourth-order valence-corrected chi connectivity index (χ4v) is 3.78. The Labute approximate surface area is 156 Å². The molecule has 3 amide bonds. The third kappa shape index (κ3) is 3.41. The van der Waals surface area contributed by atoms with E-state index < -0.39 is 23.6 Å². The zero-order valence-electron chi connectivity index (χ0n) is 15.7. The molecule has 3 heterocycles. The number of rotatable bonds is 6. The smallest absolute Gasteiger partial charge is 0.251 e. The molecule has 1 unspecified atom stereocenters. The molecule has 10 heteroatoms. The topological polar surface area (TPSA) is 129 Å². The highest BCUT2D eigenvalue weighted by Gasteiger charge is 2.59. The minimum absolute atomic E-state index is 0.0319. The van der Waals surface area contributed by atoms with Gasteiger partial charge in [-0.25, -0.2) is 0 Å². The van der Waals surface area contributed by atoms with Gasteiger partial charge in [-0.1, -0.05) is 19.0 Å². The van der Waals surface area contributed by atoms with Crippen LogP contribution in [0.5, 0.6) is 0 Å². The molecular formula is C17H25N5O5. The molecule has 0 bridgehead atoms. The van der Waals surface area contributed by atoms with Crippen LogP contribution in [0, 0.1) is 5.92 Å². The second kappa shape index (κ2) is 7.26. The van der Waals surface area contributed by atoms with Crippen LogP contribution in [0.1, 0.15) is 45.5 Å². The van der Waals surface area contributed by atoms with Crippen LogP contribution >= 0.6 is 0 Å². The van der Waals surface area contributed by atoms with E-state index >= 15 is 0 Å². The van der Waals surface area contributed by atoms with Crippen molar-refractivity contribution in [3.63, 3.8) is 0 Å². The molecule has 0 radical (unpaired) electrons. The predicted molar refractivity (Wildman–Crippen MR) is 92.0 cm³/mol. The van der Waals surface area contributed by atoms with Gasteiger partial charge in [0.2, 0.25) is 11.8 Å². The van der Waals surface area contributed by atoms with E-state index in [0.29, 0.717) is 19.5 Å². The van der Waals surface area contributed by atoms with E-state index in [2.05, 4.69) is 15.5 Å². The second-order valence-electron chi connectivity index (χ2n) is 7.51. The Hall–Kier alpha value is -2.49. The van der Waals surface area contributed by atoms with Crippen molar-refractivity contribution in [2.24, 2.45) is 5.92 Å². The summed E-state index contributed by atoms with van der Waals surface area (Å²) in [5.41, 5.74) is -0.794. The van der Waals surface area contributed by atoms with Crippen LogP contribution in [0.25, 0.3) is 0 Å². The Morgan fingerprint density at radius 1 is 1.41 bits per heavy atom. The Kier molecular flexibility index (Phi) is 5.18. The molecule has 0 saturated carbocycles. The summed E-state index contributed by atoms with van der Waals surface area (Å²) in [6.07, 6.45) is 1.65. The normalized spacial score (nSPS) is 24.3. The van der Waals surface area contributed by atoms with Crippen molar-refractivity contribution < 1.29 is 24.0 Å². The zero-order chi connectivity index (χ0) is 19.8. The lowest BCUT2D eigenvalue weighted by Gasteiger charge is -2.51. The highest BCUT2D eigenvalue weighted by molar-refractivity contribution is 5.99. The van der Waals surface area contributed by atoms with Gasteiger partial charge in [-0.2, -0.15) is 4.98 Å². The summed E-state index contributed by atoms with van der Waals surface area (Å²) in [6, 6.07) is -0.851. The van der Waals surface area contributed by atoms with E-state index in [1.54, 1.807) is 4.90 Å². The number of hydrogen-bond donors (Lipinski definition) is 2. The Balaban J connectivity index is 1.61. The minimum Gasteiger partial charge on any atom is -0.391 e. The van der Waals surface area contributed by atoms with Crippen LogP contribution in [0.15, 0.2) is 10.9 Å². The number of carbonyl (C=O) groups excluding carboxylic acids is 3. The van der Waals surface area contributed by atoms with Gasteiger partial charge in [-0.15, -0.1) is 0 Å². The summed E-state index contributed by atoms with van der Waals surface area (Å²) in [4.78, 5) is 44.5. The summed E-state index contributed by atoms with van der Waals surface area (Å²) < 4.78 is 4.90. The standard InChI is InChI=1S/C17H25N5O5/c1-10(2)15(25)22-6-4-5-17(22)8-21(16(17)26)7-12(24)20-13(11(3)23)14-18-9-19-27-14/h9-11,13,23H,4-8H2,1-3H3,(H,20,24)/t11-,13+,17?/m1/s1. The fourth-order valence-electron chi connectivity index (χ4n) is 3.78. The number of amides is 3. The summed E-state index contributed by atoms with van der Waals surface area (Å²) in [6.45, 7) is 5.89. The first-order valence-corrected chi connectivity index (χ1v) is 9.11. The lowest BCUT2D eigenvalue weighted by Crippen LogP contribution is -2.74. The Morgan fingerprint density at radius 2 is 2.15 bits per heavy atom. The third-order valence-corrected chi connectivity index (χ3v) is 5.16. The highest BCUT2D eigenvalue weighted by atomic mass is 16.5. The van der Waals surface area contributed by atoms with Crippen LogP contribution in [-0.4, -0.2) is 74.0 Å². The van der Waals surface area contributed by atoms with Gasteiger partial charge in [0.15, 0.2) is 6.33 Å². The van der Waals surface area contributed by atoms with Gasteiger partial charge >= 0.3 is 0 Å². The van der Waals surface area contributed by atoms with Crippen molar-refractivity contribution in [3.8, 4) is 0 Å². The molecule has 1 spiro atoms. The first-order chi connectivity index (χ1) is 12.8. The molecule has 0 aliphatic carbocycles. The molecule has 0 aromatic carbocycles. The minimum atomic E-state index is -0.943. The van der Waals surface area contributed by atoms with Crippen molar-refractivity contribution in [1.82, 2.24) is 25.3 Å². The van der Waals surface area contributed by atoms with E-state index in [-0.39, 0.29) is 30.2 Å². The lowest BCUT2D eigenvalue weighted by atomic mass is 9.85. The number of nitrogens with zero attached hydrogens (tertiary/aromatic N) is 4. The monoisotopic (exact) mass is 379 g/mol. The molecule has 27 heavy (non-hydrogen) atoms. The predicted octanol–water partition coefficient (Wildman–Crippen LogP) is -0.533. The number of hydrogen-bond acceptors (Lipinski definition) is 7. The van der Waals surface area contributed by atoms with Crippen molar-refractivity contribution in [2.45, 2.75) is 51.3 Å². The van der Waals surface area contributed by atoms with E-state index in [1.807, 2.05) is 13.8 Å². The summed E-state index contributed by atoms with van der Waals surface area (Å²) in [7, 11) is 0. The molecule has 10 nitrogen and oxygen atoms in total. The maximum atomic E-state index is 12.8. The summed E-state index contributed by atoms with van der Waals surface area (Å²) >= 11 is 0.